The van der Waals surface area contributed by atoms with E-state index in [-0.39, 0.29) is 17.8 Å². The van der Waals surface area contributed by atoms with Crippen LogP contribution in [0.4, 0.5) is 10.1 Å². The molecule has 1 aliphatic heterocycles. The van der Waals surface area contributed by atoms with Crippen LogP contribution in [0.5, 0.6) is 5.75 Å². The highest BCUT2D eigenvalue weighted by Crippen LogP contribution is 2.41. The predicted octanol–water partition coefficient (Wildman–Crippen LogP) is 5.25. The standard InChI is InChI=1S/C20H16ClFN2O2S/c1-26-17-8-5-14(11-16(17)21)23-20-24(15-6-7-15)19(25)18(27-20)10-12-3-2-4-13(22)9-12/h2-5,8-11,15H,6-7H2,1H3. The third-order valence-electron chi connectivity index (χ3n) is 4.26. The van der Waals surface area contributed by atoms with Crippen molar-refractivity contribution >= 4 is 46.2 Å². The Labute approximate surface area is 165 Å². The third kappa shape index (κ3) is 3.87. The Morgan fingerprint density at radius 2 is 2.11 bits per heavy atom. The average Bonchev–Trinajstić information content (AvgIpc) is 3.42. The first-order chi connectivity index (χ1) is 13.0. The minimum Gasteiger partial charge on any atom is -0.495 e. The zero-order chi connectivity index (χ0) is 19.0. The molecule has 0 radical (unpaired) electrons. The Kier molecular flexibility index (Phi) is 4.93. The lowest BCUT2D eigenvalue weighted by atomic mass is 10.2. The van der Waals surface area contributed by atoms with Gasteiger partial charge in [-0.1, -0.05) is 23.7 Å². The second-order valence-electron chi connectivity index (χ2n) is 6.29. The van der Waals surface area contributed by atoms with Gasteiger partial charge in [0, 0.05) is 6.04 Å². The number of methoxy groups -OCH3 is 1. The second-order valence-corrected chi connectivity index (χ2v) is 7.70. The molecule has 1 amide bonds. The first kappa shape index (κ1) is 18.1. The van der Waals surface area contributed by atoms with E-state index < -0.39 is 0 Å². The van der Waals surface area contributed by atoms with Crippen molar-refractivity contribution < 1.29 is 13.9 Å². The van der Waals surface area contributed by atoms with Gasteiger partial charge in [0.15, 0.2) is 5.17 Å². The highest BCUT2D eigenvalue weighted by atomic mass is 35.5. The number of carbonyl (C=O) groups is 1. The summed E-state index contributed by atoms with van der Waals surface area (Å²) in [5.74, 6) is 0.146. The van der Waals surface area contributed by atoms with Crippen molar-refractivity contribution in [2.45, 2.75) is 18.9 Å². The zero-order valence-corrected chi connectivity index (χ0v) is 16.1. The highest BCUT2D eigenvalue weighted by Gasteiger charge is 2.42. The maximum atomic E-state index is 13.4. The quantitative estimate of drug-likeness (QED) is 0.655. The van der Waals surface area contributed by atoms with Gasteiger partial charge in [0.2, 0.25) is 0 Å². The summed E-state index contributed by atoms with van der Waals surface area (Å²) in [6.07, 6.45) is 3.62. The molecule has 0 N–H and O–H groups in total. The van der Waals surface area contributed by atoms with Crippen molar-refractivity contribution in [3.63, 3.8) is 0 Å². The predicted molar refractivity (Wildman–Crippen MR) is 107 cm³/mol. The summed E-state index contributed by atoms with van der Waals surface area (Å²) < 4.78 is 18.6. The van der Waals surface area contributed by atoms with Crippen molar-refractivity contribution in [2.24, 2.45) is 4.99 Å². The van der Waals surface area contributed by atoms with Gasteiger partial charge in [0.1, 0.15) is 11.6 Å². The fourth-order valence-corrected chi connectivity index (χ4v) is 4.11. The first-order valence-corrected chi connectivity index (χ1v) is 9.65. The molecule has 2 aromatic rings. The van der Waals surface area contributed by atoms with Gasteiger partial charge in [-0.3, -0.25) is 9.69 Å². The summed E-state index contributed by atoms with van der Waals surface area (Å²) in [5, 5.41) is 1.08. The third-order valence-corrected chi connectivity index (χ3v) is 5.53. The van der Waals surface area contributed by atoms with Gasteiger partial charge in [-0.2, -0.15) is 0 Å². The highest BCUT2D eigenvalue weighted by molar-refractivity contribution is 8.18. The minimum absolute atomic E-state index is 0.0925. The number of amidine groups is 1. The molecule has 7 heteroatoms. The van der Waals surface area contributed by atoms with Gasteiger partial charge in [-0.05, 0) is 66.6 Å². The summed E-state index contributed by atoms with van der Waals surface area (Å²) in [4.78, 5) is 19.8. The number of hydrogen-bond acceptors (Lipinski definition) is 4. The summed E-state index contributed by atoms with van der Waals surface area (Å²) >= 11 is 7.47. The number of aliphatic imine (C=N–C) groups is 1. The fraction of sp³-hybridized carbons (Fsp3) is 0.200. The van der Waals surface area contributed by atoms with E-state index in [1.165, 1.54) is 23.9 Å². The number of rotatable bonds is 4. The Morgan fingerprint density at radius 1 is 1.30 bits per heavy atom. The van der Waals surface area contributed by atoms with E-state index in [4.69, 9.17) is 16.3 Å². The summed E-state index contributed by atoms with van der Waals surface area (Å²) in [6.45, 7) is 0. The van der Waals surface area contributed by atoms with Crippen LogP contribution in [0.25, 0.3) is 6.08 Å². The molecule has 1 saturated carbocycles. The maximum Gasteiger partial charge on any atom is 0.267 e. The van der Waals surface area contributed by atoms with Gasteiger partial charge in [0.05, 0.1) is 22.7 Å². The van der Waals surface area contributed by atoms with Crippen molar-refractivity contribution in [1.82, 2.24) is 4.90 Å². The lowest BCUT2D eigenvalue weighted by Crippen LogP contribution is -2.31. The van der Waals surface area contributed by atoms with E-state index in [1.807, 2.05) is 0 Å². The van der Waals surface area contributed by atoms with Crippen LogP contribution in [0.3, 0.4) is 0 Å². The van der Waals surface area contributed by atoms with Crippen molar-refractivity contribution in [3.8, 4) is 5.75 Å². The molecule has 138 valence electrons. The van der Waals surface area contributed by atoms with Gasteiger partial charge in [0.25, 0.3) is 5.91 Å². The van der Waals surface area contributed by atoms with Crippen molar-refractivity contribution in [2.75, 3.05) is 7.11 Å². The molecular weight excluding hydrogens is 387 g/mol. The van der Waals surface area contributed by atoms with Gasteiger partial charge in [-0.25, -0.2) is 9.38 Å². The molecule has 0 bridgehead atoms. The van der Waals surface area contributed by atoms with Gasteiger partial charge >= 0.3 is 0 Å². The van der Waals surface area contributed by atoms with E-state index in [0.717, 1.165) is 12.8 Å². The molecule has 27 heavy (non-hydrogen) atoms. The molecule has 0 unspecified atom stereocenters. The van der Waals surface area contributed by atoms with Crippen LogP contribution >= 0.6 is 23.4 Å². The molecule has 2 aromatic carbocycles. The maximum absolute atomic E-state index is 13.4. The fourth-order valence-electron chi connectivity index (χ4n) is 2.80. The molecule has 2 aliphatic rings. The van der Waals surface area contributed by atoms with Crippen molar-refractivity contribution in [3.05, 3.63) is 63.8 Å². The molecule has 1 aliphatic carbocycles. The van der Waals surface area contributed by atoms with Gasteiger partial charge in [-0.15, -0.1) is 0 Å². The van der Waals surface area contributed by atoms with Crippen LogP contribution in [0, 0.1) is 5.82 Å². The Hall–Kier alpha value is -2.31. The number of ether oxygens (including phenoxy) is 1. The number of nitrogens with zero attached hydrogens (tertiary/aromatic N) is 2. The smallest absolute Gasteiger partial charge is 0.267 e. The monoisotopic (exact) mass is 402 g/mol. The number of hydrogen-bond donors (Lipinski definition) is 0. The number of halogens is 2. The van der Waals surface area contributed by atoms with Crippen LogP contribution in [-0.2, 0) is 4.79 Å². The Balaban J connectivity index is 1.68. The zero-order valence-electron chi connectivity index (χ0n) is 14.5. The Morgan fingerprint density at radius 3 is 2.78 bits per heavy atom. The van der Waals surface area contributed by atoms with E-state index in [1.54, 1.807) is 48.4 Å². The number of amides is 1. The van der Waals surface area contributed by atoms with Crippen LogP contribution < -0.4 is 4.74 Å². The van der Waals surface area contributed by atoms with E-state index in [0.29, 0.717) is 32.1 Å². The van der Waals surface area contributed by atoms with Crippen molar-refractivity contribution in [1.29, 1.82) is 0 Å². The Bertz CT molecular complexity index is 972. The van der Waals surface area contributed by atoms with Crippen LogP contribution in [0.15, 0.2) is 52.4 Å². The van der Waals surface area contributed by atoms with Crippen LogP contribution in [-0.4, -0.2) is 29.1 Å². The summed E-state index contributed by atoms with van der Waals surface area (Å²) in [6, 6.07) is 11.6. The van der Waals surface area contributed by atoms with Gasteiger partial charge < -0.3 is 4.74 Å². The topological polar surface area (TPSA) is 41.9 Å². The normalized spacial score (nSPS) is 20.0. The van der Waals surface area contributed by atoms with Crippen LogP contribution in [0.1, 0.15) is 18.4 Å². The molecule has 4 rings (SSSR count). The van der Waals surface area contributed by atoms with E-state index in [2.05, 4.69) is 4.99 Å². The molecule has 0 atom stereocenters. The summed E-state index contributed by atoms with van der Waals surface area (Å²) in [5.41, 5.74) is 1.30. The molecule has 0 spiro atoms. The first-order valence-electron chi connectivity index (χ1n) is 8.46. The van der Waals surface area contributed by atoms with E-state index in [9.17, 15) is 9.18 Å². The van der Waals surface area contributed by atoms with E-state index >= 15 is 0 Å². The largest absolute Gasteiger partial charge is 0.495 e. The lowest BCUT2D eigenvalue weighted by molar-refractivity contribution is -0.122. The molecule has 1 heterocycles. The second kappa shape index (κ2) is 7.37. The average molecular weight is 403 g/mol. The molecule has 0 aromatic heterocycles. The van der Waals surface area contributed by atoms with Crippen LogP contribution in [0.2, 0.25) is 5.02 Å². The number of benzene rings is 2. The molecule has 4 nitrogen and oxygen atoms in total. The SMILES string of the molecule is COc1ccc(N=C2SC(=Cc3cccc(F)c3)C(=O)N2C2CC2)cc1Cl. The number of thioether (sulfide) groups is 1. The minimum atomic E-state index is -0.333. The lowest BCUT2D eigenvalue weighted by Gasteiger charge is -2.14. The summed E-state index contributed by atoms with van der Waals surface area (Å²) in [7, 11) is 1.55. The molecule has 1 saturated heterocycles. The molecular formula is C20H16ClFN2O2S. The number of carbonyl (C=O) groups excluding carboxylic acids is 1. The molecule has 2 fully saturated rings.